The molecule has 3 rings (SSSR count). The van der Waals surface area contributed by atoms with Crippen LogP contribution in [0.4, 0.5) is 0 Å². The fraction of sp³-hybridized carbons (Fsp3) is 0.333. The monoisotopic (exact) mass is 227 g/mol. The highest BCUT2D eigenvalue weighted by Crippen LogP contribution is 2.43. The number of rotatable bonds is 2. The lowest BCUT2D eigenvalue weighted by molar-refractivity contribution is 0.253. The SMILES string of the molecule is NCC1(c2ccc3c(O)cccc3c2)CCC1. The van der Waals surface area contributed by atoms with Crippen LogP contribution in [-0.2, 0) is 5.41 Å². The molecule has 1 fully saturated rings. The number of benzene rings is 2. The Balaban J connectivity index is 2.14. The normalized spacial score (nSPS) is 17.9. The van der Waals surface area contributed by atoms with E-state index in [2.05, 4.69) is 12.1 Å². The standard InChI is InChI=1S/C15H17NO/c16-10-15(7-2-8-15)12-5-6-13-11(9-12)3-1-4-14(13)17/h1,3-6,9,17H,2,7-8,10,16H2. The maximum absolute atomic E-state index is 9.77. The molecule has 0 radical (unpaired) electrons. The zero-order valence-electron chi connectivity index (χ0n) is 9.82. The Bertz CT molecular complexity index is 552. The lowest BCUT2D eigenvalue weighted by atomic mass is 9.64. The first-order valence-electron chi connectivity index (χ1n) is 6.17. The van der Waals surface area contributed by atoms with E-state index in [9.17, 15) is 5.11 Å². The van der Waals surface area contributed by atoms with Gasteiger partial charge in [-0.05, 0) is 29.9 Å². The van der Waals surface area contributed by atoms with E-state index >= 15 is 0 Å². The van der Waals surface area contributed by atoms with Crippen molar-refractivity contribution in [1.29, 1.82) is 0 Å². The number of nitrogens with two attached hydrogens (primary N) is 1. The van der Waals surface area contributed by atoms with Crippen molar-refractivity contribution in [2.75, 3.05) is 6.54 Å². The van der Waals surface area contributed by atoms with Crippen molar-refractivity contribution in [3.8, 4) is 5.75 Å². The smallest absolute Gasteiger partial charge is 0.123 e. The quantitative estimate of drug-likeness (QED) is 0.828. The fourth-order valence-corrected chi connectivity index (χ4v) is 2.81. The first kappa shape index (κ1) is 10.6. The molecular formula is C15H17NO. The Labute approximate surface area is 101 Å². The van der Waals surface area contributed by atoms with Crippen molar-refractivity contribution >= 4 is 10.8 Å². The van der Waals surface area contributed by atoms with Crippen LogP contribution in [0.3, 0.4) is 0 Å². The van der Waals surface area contributed by atoms with Crippen LogP contribution in [0.1, 0.15) is 24.8 Å². The van der Waals surface area contributed by atoms with Gasteiger partial charge in [0.1, 0.15) is 5.75 Å². The summed E-state index contributed by atoms with van der Waals surface area (Å²) in [6.07, 6.45) is 3.65. The molecular weight excluding hydrogens is 210 g/mol. The molecule has 1 aliphatic carbocycles. The lowest BCUT2D eigenvalue weighted by Crippen LogP contribution is -2.41. The molecule has 1 saturated carbocycles. The minimum Gasteiger partial charge on any atom is -0.507 e. The summed E-state index contributed by atoms with van der Waals surface area (Å²) < 4.78 is 0. The molecule has 2 heteroatoms. The van der Waals surface area contributed by atoms with E-state index in [1.54, 1.807) is 6.07 Å². The Morgan fingerprint density at radius 1 is 1.18 bits per heavy atom. The van der Waals surface area contributed by atoms with Crippen LogP contribution in [0, 0.1) is 0 Å². The minimum atomic E-state index is 0.194. The average Bonchev–Trinajstić information content (AvgIpc) is 2.28. The van der Waals surface area contributed by atoms with Crippen LogP contribution >= 0.6 is 0 Å². The van der Waals surface area contributed by atoms with Crippen LogP contribution in [0.25, 0.3) is 10.8 Å². The van der Waals surface area contributed by atoms with Gasteiger partial charge in [-0.3, -0.25) is 0 Å². The second-order valence-electron chi connectivity index (χ2n) is 5.05. The van der Waals surface area contributed by atoms with Crippen LogP contribution in [0.5, 0.6) is 5.75 Å². The van der Waals surface area contributed by atoms with Crippen molar-refractivity contribution in [1.82, 2.24) is 0 Å². The molecule has 0 unspecified atom stereocenters. The van der Waals surface area contributed by atoms with Crippen molar-refractivity contribution in [2.45, 2.75) is 24.7 Å². The zero-order chi connectivity index (χ0) is 11.9. The van der Waals surface area contributed by atoms with Crippen molar-refractivity contribution in [3.63, 3.8) is 0 Å². The molecule has 2 nitrogen and oxygen atoms in total. The number of phenolic OH excluding ortho intramolecular Hbond substituents is 1. The minimum absolute atomic E-state index is 0.194. The molecule has 0 saturated heterocycles. The Hall–Kier alpha value is -1.54. The van der Waals surface area contributed by atoms with Crippen molar-refractivity contribution in [2.24, 2.45) is 5.73 Å². The summed E-state index contributed by atoms with van der Waals surface area (Å²) in [5.41, 5.74) is 7.44. The van der Waals surface area contributed by atoms with E-state index in [0.29, 0.717) is 5.75 Å². The summed E-state index contributed by atoms with van der Waals surface area (Å²) in [5.74, 6) is 0.351. The molecule has 17 heavy (non-hydrogen) atoms. The van der Waals surface area contributed by atoms with Crippen LogP contribution < -0.4 is 5.73 Å². The third-order valence-corrected chi connectivity index (χ3v) is 4.17. The van der Waals surface area contributed by atoms with Gasteiger partial charge in [0.05, 0.1) is 0 Å². The summed E-state index contributed by atoms with van der Waals surface area (Å²) in [5, 5.41) is 11.8. The second kappa shape index (κ2) is 3.74. The third-order valence-electron chi connectivity index (χ3n) is 4.17. The lowest BCUT2D eigenvalue weighted by Gasteiger charge is -2.41. The number of hydrogen-bond acceptors (Lipinski definition) is 2. The highest BCUT2D eigenvalue weighted by molar-refractivity contribution is 5.88. The summed E-state index contributed by atoms with van der Waals surface area (Å²) in [6.45, 7) is 0.720. The Morgan fingerprint density at radius 3 is 2.65 bits per heavy atom. The van der Waals surface area contributed by atoms with Gasteiger partial charge in [-0.1, -0.05) is 36.8 Å². The molecule has 0 bridgehead atoms. The second-order valence-corrected chi connectivity index (χ2v) is 5.05. The highest BCUT2D eigenvalue weighted by Gasteiger charge is 2.37. The summed E-state index contributed by atoms with van der Waals surface area (Å²) in [6, 6.07) is 12.0. The van der Waals surface area contributed by atoms with Gasteiger partial charge in [0.2, 0.25) is 0 Å². The van der Waals surface area contributed by atoms with Gasteiger partial charge in [0, 0.05) is 17.3 Å². The first-order valence-corrected chi connectivity index (χ1v) is 6.17. The van der Waals surface area contributed by atoms with E-state index in [0.717, 1.165) is 17.3 Å². The maximum atomic E-state index is 9.77. The first-order chi connectivity index (χ1) is 8.25. The molecule has 0 amide bonds. The molecule has 0 heterocycles. The topological polar surface area (TPSA) is 46.2 Å². The van der Waals surface area contributed by atoms with E-state index in [1.165, 1.54) is 24.8 Å². The molecule has 1 aliphatic rings. The Morgan fingerprint density at radius 2 is 2.00 bits per heavy atom. The number of fused-ring (bicyclic) bond motifs is 1. The molecule has 3 N–H and O–H groups in total. The van der Waals surface area contributed by atoms with Gasteiger partial charge in [0.25, 0.3) is 0 Å². The predicted molar refractivity (Wildman–Crippen MR) is 70.2 cm³/mol. The van der Waals surface area contributed by atoms with E-state index in [-0.39, 0.29) is 5.41 Å². The number of aromatic hydroxyl groups is 1. The van der Waals surface area contributed by atoms with E-state index < -0.39 is 0 Å². The predicted octanol–water partition coefficient (Wildman–Crippen LogP) is 2.93. The average molecular weight is 227 g/mol. The molecule has 0 atom stereocenters. The third kappa shape index (κ3) is 1.52. The highest BCUT2D eigenvalue weighted by atomic mass is 16.3. The van der Waals surface area contributed by atoms with Gasteiger partial charge < -0.3 is 10.8 Å². The van der Waals surface area contributed by atoms with Crippen LogP contribution in [0.2, 0.25) is 0 Å². The van der Waals surface area contributed by atoms with Gasteiger partial charge >= 0.3 is 0 Å². The zero-order valence-corrected chi connectivity index (χ0v) is 9.82. The van der Waals surface area contributed by atoms with Gasteiger partial charge in [-0.15, -0.1) is 0 Å². The van der Waals surface area contributed by atoms with Crippen LogP contribution in [-0.4, -0.2) is 11.7 Å². The molecule has 0 aromatic heterocycles. The molecule has 0 aliphatic heterocycles. The van der Waals surface area contributed by atoms with Gasteiger partial charge in [-0.25, -0.2) is 0 Å². The van der Waals surface area contributed by atoms with Crippen molar-refractivity contribution < 1.29 is 5.11 Å². The summed E-state index contributed by atoms with van der Waals surface area (Å²) in [4.78, 5) is 0. The van der Waals surface area contributed by atoms with Crippen molar-refractivity contribution in [3.05, 3.63) is 42.0 Å². The summed E-state index contributed by atoms with van der Waals surface area (Å²) >= 11 is 0. The molecule has 0 spiro atoms. The largest absolute Gasteiger partial charge is 0.507 e. The Kier molecular flexibility index (Phi) is 2.33. The van der Waals surface area contributed by atoms with Crippen LogP contribution in [0.15, 0.2) is 36.4 Å². The molecule has 2 aromatic rings. The van der Waals surface area contributed by atoms with Gasteiger partial charge in [0.15, 0.2) is 0 Å². The number of phenols is 1. The number of hydrogen-bond donors (Lipinski definition) is 2. The fourth-order valence-electron chi connectivity index (χ4n) is 2.81. The molecule has 88 valence electrons. The van der Waals surface area contributed by atoms with E-state index in [4.69, 9.17) is 5.73 Å². The van der Waals surface area contributed by atoms with Gasteiger partial charge in [-0.2, -0.15) is 0 Å². The summed E-state index contributed by atoms with van der Waals surface area (Å²) in [7, 11) is 0. The van der Waals surface area contributed by atoms with E-state index in [1.807, 2.05) is 18.2 Å². The molecule has 2 aromatic carbocycles. The maximum Gasteiger partial charge on any atom is 0.123 e.